The summed E-state index contributed by atoms with van der Waals surface area (Å²) in [5.74, 6) is 4.84. The minimum Gasteiger partial charge on any atom is -0.321 e. The molecule has 21 heavy (non-hydrogen) atoms. The van der Waals surface area contributed by atoms with E-state index in [1.54, 1.807) is 11.8 Å². The van der Waals surface area contributed by atoms with Gasteiger partial charge in [0.25, 0.3) is 0 Å². The first-order valence-corrected chi connectivity index (χ1v) is 6.07. The molecular weight excluding hydrogens is 279 g/mol. The molecule has 0 radical (unpaired) electrons. The Labute approximate surface area is 119 Å². The Hall–Kier alpha value is -2.81. The molecule has 0 aliphatic rings. The van der Waals surface area contributed by atoms with Crippen molar-refractivity contribution >= 4 is 23.0 Å². The SMILES string of the molecule is CCN(c1ccc(F)cc1)c1ncnc(NN)c1[N+](=O)[O-]. The molecule has 0 fully saturated rings. The lowest BCUT2D eigenvalue weighted by Crippen LogP contribution is -2.21. The fraction of sp³-hybridized carbons (Fsp3) is 0.167. The van der Waals surface area contributed by atoms with Crippen molar-refractivity contribution in [3.8, 4) is 0 Å². The number of nitrogens with one attached hydrogen (secondary N) is 1. The summed E-state index contributed by atoms with van der Waals surface area (Å²) in [6.07, 6.45) is 1.17. The van der Waals surface area contributed by atoms with Crippen LogP contribution in [0.2, 0.25) is 0 Å². The molecule has 0 saturated heterocycles. The summed E-state index contributed by atoms with van der Waals surface area (Å²) in [4.78, 5) is 19.9. The number of nitro groups is 1. The summed E-state index contributed by atoms with van der Waals surface area (Å²) in [5.41, 5.74) is 2.41. The topological polar surface area (TPSA) is 110 Å². The van der Waals surface area contributed by atoms with Crippen LogP contribution >= 0.6 is 0 Å². The number of anilines is 3. The number of benzene rings is 1. The van der Waals surface area contributed by atoms with E-state index in [1.165, 1.54) is 30.6 Å². The summed E-state index contributed by atoms with van der Waals surface area (Å²) in [6, 6.07) is 5.57. The molecule has 0 amide bonds. The Morgan fingerprint density at radius 3 is 2.57 bits per heavy atom. The zero-order chi connectivity index (χ0) is 15.4. The number of hydrogen-bond donors (Lipinski definition) is 2. The molecule has 9 heteroatoms. The molecule has 2 aromatic rings. The smallest absolute Gasteiger partial charge is 0.321 e. The normalized spacial score (nSPS) is 10.2. The standard InChI is InChI=1S/C12H13FN6O2/c1-2-18(9-5-3-8(13)4-6-9)12-10(19(20)21)11(17-14)15-7-16-12/h3-7H,2,14H2,1H3,(H,15,16,17). The van der Waals surface area contributed by atoms with Crippen LogP contribution in [-0.2, 0) is 0 Å². The van der Waals surface area contributed by atoms with E-state index < -0.39 is 10.7 Å². The third kappa shape index (κ3) is 2.87. The maximum atomic E-state index is 13.0. The molecule has 0 spiro atoms. The highest BCUT2D eigenvalue weighted by atomic mass is 19.1. The van der Waals surface area contributed by atoms with Gasteiger partial charge in [0.05, 0.1) is 4.92 Å². The van der Waals surface area contributed by atoms with Crippen molar-refractivity contribution in [2.75, 3.05) is 16.9 Å². The Kier molecular flexibility index (Phi) is 4.24. The van der Waals surface area contributed by atoms with Crippen LogP contribution in [0, 0.1) is 15.9 Å². The van der Waals surface area contributed by atoms with Crippen molar-refractivity contribution in [1.29, 1.82) is 0 Å². The van der Waals surface area contributed by atoms with Crippen molar-refractivity contribution in [2.45, 2.75) is 6.92 Å². The predicted molar refractivity (Wildman–Crippen MR) is 75.6 cm³/mol. The van der Waals surface area contributed by atoms with Gasteiger partial charge in [0.15, 0.2) is 0 Å². The van der Waals surface area contributed by atoms with E-state index in [1.807, 2.05) is 0 Å². The van der Waals surface area contributed by atoms with Crippen molar-refractivity contribution in [3.05, 3.63) is 46.5 Å². The van der Waals surface area contributed by atoms with Gasteiger partial charge in [-0.05, 0) is 31.2 Å². The minimum absolute atomic E-state index is 0.0806. The first-order valence-electron chi connectivity index (χ1n) is 6.07. The third-order valence-electron chi connectivity index (χ3n) is 2.83. The van der Waals surface area contributed by atoms with Crippen molar-refractivity contribution in [3.63, 3.8) is 0 Å². The lowest BCUT2D eigenvalue weighted by Gasteiger charge is -2.22. The van der Waals surface area contributed by atoms with Gasteiger partial charge in [-0.25, -0.2) is 20.2 Å². The van der Waals surface area contributed by atoms with E-state index in [-0.39, 0.29) is 17.3 Å². The molecule has 0 aliphatic carbocycles. The first kappa shape index (κ1) is 14.6. The average molecular weight is 292 g/mol. The second-order valence-corrected chi connectivity index (χ2v) is 4.02. The van der Waals surface area contributed by atoms with E-state index in [0.29, 0.717) is 12.2 Å². The summed E-state index contributed by atoms with van der Waals surface area (Å²) < 4.78 is 13.0. The van der Waals surface area contributed by atoms with E-state index >= 15 is 0 Å². The highest BCUT2D eigenvalue weighted by Gasteiger charge is 2.26. The second kappa shape index (κ2) is 6.09. The highest BCUT2D eigenvalue weighted by molar-refractivity contribution is 5.75. The highest BCUT2D eigenvalue weighted by Crippen LogP contribution is 2.35. The third-order valence-corrected chi connectivity index (χ3v) is 2.83. The first-order chi connectivity index (χ1) is 10.1. The summed E-state index contributed by atoms with van der Waals surface area (Å²) in [7, 11) is 0. The van der Waals surface area contributed by atoms with Gasteiger partial charge >= 0.3 is 5.69 Å². The molecule has 2 rings (SSSR count). The molecule has 3 N–H and O–H groups in total. The number of aromatic nitrogens is 2. The van der Waals surface area contributed by atoms with Gasteiger partial charge in [-0.3, -0.25) is 10.1 Å². The Balaban J connectivity index is 2.57. The lowest BCUT2D eigenvalue weighted by molar-refractivity contribution is -0.383. The lowest BCUT2D eigenvalue weighted by atomic mass is 10.2. The van der Waals surface area contributed by atoms with Gasteiger partial charge in [0, 0.05) is 12.2 Å². The van der Waals surface area contributed by atoms with E-state index in [2.05, 4.69) is 15.4 Å². The molecule has 110 valence electrons. The van der Waals surface area contributed by atoms with Gasteiger partial charge in [0.1, 0.15) is 12.1 Å². The van der Waals surface area contributed by atoms with Crippen molar-refractivity contribution < 1.29 is 9.31 Å². The van der Waals surface area contributed by atoms with E-state index in [4.69, 9.17) is 5.84 Å². The molecule has 0 bridgehead atoms. The van der Waals surface area contributed by atoms with Gasteiger partial charge in [0.2, 0.25) is 11.6 Å². The average Bonchev–Trinajstić information content (AvgIpc) is 2.49. The molecule has 8 nitrogen and oxygen atoms in total. The fourth-order valence-electron chi connectivity index (χ4n) is 1.92. The number of nitrogen functional groups attached to an aromatic ring is 1. The molecule has 0 saturated carbocycles. The minimum atomic E-state index is -0.614. The summed E-state index contributed by atoms with van der Waals surface area (Å²) >= 11 is 0. The van der Waals surface area contributed by atoms with Gasteiger partial charge in [-0.15, -0.1) is 0 Å². The van der Waals surface area contributed by atoms with Crippen LogP contribution in [0.3, 0.4) is 0 Å². The van der Waals surface area contributed by atoms with Gasteiger partial charge < -0.3 is 10.3 Å². The fourth-order valence-corrected chi connectivity index (χ4v) is 1.92. The number of halogens is 1. The molecule has 1 aromatic heterocycles. The molecule has 0 atom stereocenters. The van der Waals surface area contributed by atoms with Crippen LogP contribution in [0.15, 0.2) is 30.6 Å². The quantitative estimate of drug-likeness (QED) is 0.492. The van der Waals surface area contributed by atoms with Crippen LogP contribution in [-0.4, -0.2) is 21.4 Å². The molecule has 0 unspecified atom stereocenters. The van der Waals surface area contributed by atoms with Gasteiger partial charge in [-0.1, -0.05) is 0 Å². The maximum absolute atomic E-state index is 13.0. The zero-order valence-electron chi connectivity index (χ0n) is 11.2. The van der Waals surface area contributed by atoms with Crippen LogP contribution in [0.5, 0.6) is 0 Å². The maximum Gasteiger partial charge on any atom is 0.355 e. The Morgan fingerprint density at radius 1 is 1.38 bits per heavy atom. The molecule has 1 heterocycles. The van der Waals surface area contributed by atoms with Crippen LogP contribution in [0.4, 0.5) is 27.4 Å². The predicted octanol–water partition coefficient (Wildman–Crippen LogP) is 1.97. The summed E-state index contributed by atoms with van der Waals surface area (Å²) in [5, 5.41) is 11.3. The Morgan fingerprint density at radius 2 is 2.05 bits per heavy atom. The molecular formula is C12H13FN6O2. The second-order valence-electron chi connectivity index (χ2n) is 4.02. The van der Waals surface area contributed by atoms with Crippen molar-refractivity contribution in [2.24, 2.45) is 5.84 Å². The Bertz CT molecular complexity index is 649. The number of hydrazine groups is 1. The monoisotopic (exact) mass is 292 g/mol. The van der Waals surface area contributed by atoms with Crippen molar-refractivity contribution in [1.82, 2.24) is 9.97 Å². The van der Waals surface area contributed by atoms with E-state index in [0.717, 1.165) is 0 Å². The number of rotatable bonds is 5. The van der Waals surface area contributed by atoms with Crippen LogP contribution in [0.1, 0.15) is 6.92 Å². The molecule has 0 aliphatic heterocycles. The zero-order valence-corrected chi connectivity index (χ0v) is 11.2. The van der Waals surface area contributed by atoms with Crippen LogP contribution < -0.4 is 16.2 Å². The van der Waals surface area contributed by atoms with E-state index in [9.17, 15) is 14.5 Å². The summed E-state index contributed by atoms with van der Waals surface area (Å²) in [6.45, 7) is 2.19. The number of nitrogens with two attached hydrogens (primary N) is 1. The number of hydrogen-bond acceptors (Lipinski definition) is 7. The van der Waals surface area contributed by atoms with Gasteiger partial charge in [-0.2, -0.15) is 0 Å². The largest absolute Gasteiger partial charge is 0.355 e. The van der Waals surface area contributed by atoms with Crippen LogP contribution in [0.25, 0.3) is 0 Å². The molecule has 1 aromatic carbocycles. The number of nitrogens with zero attached hydrogens (tertiary/aromatic N) is 4.